The molecule has 1 amide bonds. The number of amides is 1. The minimum Gasteiger partial charge on any atom is -0.468 e. The van der Waals surface area contributed by atoms with Gasteiger partial charge in [0, 0.05) is 0 Å². The fourth-order valence-electron chi connectivity index (χ4n) is 1.89. The number of nitrogens with zero attached hydrogens (tertiary/aromatic N) is 1. The van der Waals surface area contributed by atoms with E-state index < -0.39 is 0 Å². The molecular weight excluding hydrogens is 218 g/mol. The highest BCUT2D eigenvalue weighted by molar-refractivity contribution is 5.81. The van der Waals surface area contributed by atoms with Crippen LogP contribution in [0.2, 0.25) is 0 Å². The van der Waals surface area contributed by atoms with E-state index in [2.05, 4.69) is 17.2 Å². The first-order chi connectivity index (χ1) is 8.22. The maximum Gasteiger partial charge on any atom is 0.251 e. The maximum absolute atomic E-state index is 11.7. The zero-order valence-electron chi connectivity index (χ0n) is 10.5. The summed E-state index contributed by atoms with van der Waals surface area (Å²) in [4.78, 5) is 13.8. The van der Waals surface area contributed by atoms with Crippen LogP contribution >= 0.6 is 0 Å². The SMILES string of the molecule is CCCC(C(=O)NN)N(CC)Cc1ccco1. The van der Waals surface area contributed by atoms with E-state index in [1.807, 2.05) is 19.1 Å². The van der Waals surface area contributed by atoms with E-state index in [0.717, 1.165) is 25.1 Å². The van der Waals surface area contributed by atoms with Crippen LogP contribution in [0, 0.1) is 0 Å². The Bertz CT molecular complexity index is 325. The Balaban J connectivity index is 2.70. The fourth-order valence-corrected chi connectivity index (χ4v) is 1.89. The molecule has 0 aliphatic carbocycles. The van der Waals surface area contributed by atoms with Crippen molar-refractivity contribution in [3.63, 3.8) is 0 Å². The molecule has 5 nitrogen and oxygen atoms in total. The molecule has 0 aromatic carbocycles. The molecule has 5 heteroatoms. The van der Waals surface area contributed by atoms with Crippen LogP contribution in [0.15, 0.2) is 22.8 Å². The van der Waals surface area contributed by atoms with Crippen LogP contribution < -0.4 is 11.3 Å². The van der Waals surface area contributed by atoms with Gasteiger partial charge in [0.05, 0.1) is 18.8 Å². The Hall–Kier alpha value is -1.33. The number of nitrogens with one attached hydrogen (secondary N) is 1. The van der Waals surface area contributed by atoms with Gasteiger partial charge in [-0.2, -0.15) is 0 Å². The molecular formula is C12H21N3O2. The summed E-state index contributed by atoms with van der Waals surface area (Å²) in [7, 11) is 0. The molecule has 1 heterocycles. The largest absolute Gasteiger partial charge is 0.468 e. The summed E-state index contributed by atoms with van der Waals surface area (Å²) in [6, 6.07) is 3.56. The van der Waals surface area contributed by atoms with Gasteiger partial charge in [0.1, 0.15) is 5.76 Å². The number of furan rings is 1. The van der Waals surface area contributed by atoms with Gasteiger partial charge in [-0.15, -0.1) is 0 Å². The zero-order chi connectivity index (χ0) is 12.7. The molecule has 0 fully saturated rings. The molecule has 1 atom stereocenters. The van der Waals surface area contributed by atoms with E-state index in [9.17, 15) is 4.79 Å². The molecule has 0 aliphatic heterocycles. The third-order valence-corrected chi connectivity index (χ3v) is 2.79. The number of nitrogens with two attached hydrogens (primary N) is 1. The summed E-state index contributed by atoms with van der Waals surface area (Å²) in [5.41, 5.74) is 2.23. The maximum atomic E-state index is 11.7. The van der Waals surface area contributed by atoms with Gasteiger partial charge in [-0.3, -0.25) is 15.1 Å². The second-order valence-corrected chi connectivity index (χ2v) is 3.96. The molecule has 1 unspecified atom stereocenters. The molecule has 1 aromatic rings. The molecule has 0 saturated carbocycles. The molecule has 0 spiro atoms. The smallest absolute Gasteiger partial charge is 0.251 e. The average molecular weight is 239 g/mol. The third kappa shape index (κ3) is 3.87. The second kappa shape index (κ2) is 7.09. The predicted octanol–water partition coefficient (Wildman–Crippen LogP) is 1.26. The van der Waals surface area contributed by atoms with Crippen molar-refractivity contribution in [2.24, 2.45) is 5.84 Å². The van der Waals surface area contributed by atoms with Crippen molar-refractivity contribution in [2.45, 2.75) is 39.3 Å². The molecule has 0 saturated heterocycles. The first-order valence-electron chi connectivity index (χ1n) is 5.99. The minimum absolute atomic E-state index is 0.139. The molecule has 0 radical (unpaired) electrons. The van der Waals surface area contributed by atoms with E-state index >= 15 is 0 Å². The molecule has 0 aliphatic rings. The quantitative estimate of drug-likeness (QED) is 0.427. The lowest BCUT2D eigenvalue weighted by molar-refractivity contribution is -0.127. The normalized spacial score (nSPS) is 12.7. The van der Waals surface area contributed by atoms with Crippen molar-refractivity contribution in [3.05, 3.63) is 24.2 Å². The predicted molar refractivity (Wildman–Crippen MR) is 65.8 cm³/mol. The standard InChI is InChI=1S/C12H21N3O2/c1-3-6-11(12(16)14-13)15(4-2)9-10-7-5-8-17-10/h5,7-8,11H,3-4,6,9,13H2,1-2H3,(H,14,16). The molecule has 3 N–H and O–H groups in total. The van der Waals surface area contributed by atoms with Crippen molar-refractivity contribution in [1.82, 2.24) is 10.3 Å². The number of hydrogen-bond acceptors (Lipinski definition) is 4. The molecule has 17 heavy (non-hydrogen) atoms. The van der Waals surface area contributed by atoms with Crippen molar-refractivity contribution in [1.29, 1.82) is 0 Å². The van der Waals surface area contributed by atoms with Crippen LogP contribution in [0.1, 0.15) is 32.4 Å². The number of rotatable bonds is 7. The van der Waals surface area contributed by atoms with Gasteiger partial charge in [0.15, 0.2) is 0 Å². The monoisotopic (exact) mass is 239 g/mol. The van der Waals surface area contributed by atoms with Gasteiger partial charge in [0.25, 0.3) is 5.91 Å². The van der Waals surface area contributed by atoms with Crippen LogP contribution in [0.25, 0.3) is 0 Å². The number of hydrazine groups is 1. The van der Waals surface area contributed by atoms with Gasteiger partial charge in [0.2, 0.25) is 0 Å². The van der Waals surface area contributed by atoms with Gasteiger partial charge < -0.3 is 4.42 Å². The van der Waals surface area contributed by atoms with Crippen molar-refractivity contribution >= 4 is 5.91 Å². The fraction of sp³-hybridized carbons (Fsp3) is 0.583. The highest BCUT2D eigenvalue weighted by atomic mass is 16.3. The first-order valence-corrected chi connectivity index (χ1v) is 5.99. The van der Waals surface area contributed by atoms with E-state index in [1.54, 1.807) is 6.26 Å². The highest BCUT2D eigenvalue weighted by Gasteiger charge is 2.23. The topological polar surface area (TPSA) is 71.5 Å². The number of likely N-dealkylation sites (N-methyl/N-ethyl adjacent to an activating group) is 1. The van der Waals surface area contributed by atoms with Crippen LogP contribution in [0.5, 0.6) is 0 Å². The third-order valence-electron chi connectivity index (χ3n) is 2.79. The second-order valence-electron chi connectivity index (χ2n) is 3.96. The lowest BCUT2D eigenvalue weighted by Gasteiger charge is -2.28. The van der Waals surface area contributed by atoms with Crippen molar-refractivity contribution in [2.75, 3.05) is 6.54 Å². The zero-order valence-corrected chi connectivity index (χ0v) is 10.5. The molecule has 1 rings (SSSR count). The van der Waals surface area contributed by atoms with Crippen LogP contribution in [0.4, 0.5) is 0 Å². The van der Waals surface area contributed by atoms with Gasteiger partial charge in [-0.25, -0.2) is 5.84 Å². The van der Waals surface area contributed by atoms with Gasteiger partial charge >= 0.3 is 0 Å². The molecule has 1 aromatic heterocycles. The Labute approximate surface area is 102 Å². The number of carbonyl (C=O) groups excluding carboxylic acids is 1. The molecule has 0 bridgehead atoms. The van der Waals surface area contributed by atoms with E-state index in [4.69, 9.17) is 10.3 Å². The number of hydrogen-bond donors (Lipinski definition) is 2. The summed E-state index contributed by atoms with van der Waals surface area (Å²) >= 11 is 0. The lowest BCUT2D eigenvalue weighted by atomic mass is 10.1. The van der Waals surface area contributed by atoms with Crippen molar-refractivity contribution < 1.29 is 9.21 Å². The first kappa shape index (κ1) is 13.7. The van der Waals surface area contributed by atoms with Crippen LogP contribution in [-0.4, -0.2) is 23.4 Å². The highest BCUT2D eigenvalue weighted by Crippen LogP contribution is 2.12. The van der Waals surface area contributed by atoms with E-state index in [1.165, 1.54) is 0 Å². The number of carbonyl (C=O) groups is 1. The van der Waals surface area contributed by atoms with Gasteiger partial charge in [-0.1, -0.05) is 20.3 Å². The van der Waals surface area contributed by atoms with E-state index in [-0.39, 0.29) is 11.9 Å². The van der Waals surface area contributed by atoms with Crippen molar-refractivity contribution in [3.8, 4) is 0 Å². The lowest BCUT2D eigenvalue weighted by Crippen LogP contribution is -2.48. The van der Waals surface area contributed by atoms with Crippen LogP contribution in [0.3, 0.4) is 0 Å². The summed E-state index contributed by atoms with van der Waals surface area (Å²) in [6.07, 6.45) is 3.37. The Morgan fingerprint density at radius 1 is 1.59 bits per heavy atom. The average Bonchev–Trinajstić information content (AvgIpc) is 2.85. The summed E-state index contributed by atoms with van der Waals surface area (Å²) in [6.45, 7) is 5.48. The molecule has 96 valence electrons. The Morgan fingerprint density at radius 3 is 2.82 bits per heavy atom. The summed E-state index contributed by atoms with van der Waals surface area (Å²) < 4.78 is 5.30. The summed E-state index contributed by atoms with van der Waals surface area (Å²) in [5.74, 6) is 5.94. The van der Waals surface area contributed by atoms with Crippen LogP contribution in [-0.2, 0) is 11.3 Å². The Kier molecular flexibility index (Phi) is 5.72. The van der Waals surface area contributed by atoms with E-state index in [0.29, 0.717) is 6.54 Å². The van der Waals surface area contributed by atoms with Gasteiger partial charge in [-0.05, 0) is 25.1 Å². The Morgan fingerprint density at radius 2 is 2.35 bits per heavy atom. The summed E-state index contributed by atoms with van der Waals surface area (Å²) in [5, 5.41) is 0. The minimum atomic E-state index is -0.194.